The highest BCUT2D eigenvalue weighted by Gasteiger charge is 2.18. The van der Waals surface area contributed by atoms with E-state index in [4.69, 9.17) is 9.47 Å². The van der Waals surface area contributed by atoms with E-state index in [1.54, 1.807) is 19.1 Å². The van der Waals surface area contributed by atoms with Crippen molar-refractivity contribution in [2.75, 3.05) is 40.5 Å². The molecule has 100 valence electrons. The molecule has 0 saturated carbocycles. The first-order valence-corrected chi connectivity index (χ1v) is 5.60. The Morgan fingerprint density at radius 1 is 1.33 bits per heavy atom. The number of amides is 1. The highest BCUT2D eigenvalue weighted by molar-refractivity contribution is 5.96. The molecule has 0 atom stereocenters. The molecule has 0 unspecified atom stereocenters. The van der Waals surface area contributed by atoms with Crippen LogP contribution in [0.4, 0.5) is 0 Å². The number of carbonyl (C=O) groups is 1. The van der Waals surface area contributed by atoms with Crippen molar-refractivity contribution in [3.05, 3.63) is 24.0 Å². The number of methoxy groups -OCH3 is 2. The average molecular weight is 254 g/mol. The third kappa shape index (κ3) is 3.97. The van der Waals surface area contributed by atoms with Crippen molar-refractivity contribution in [3.63, 3.8) is 0 Å². The molecule has 1 amide bonds. The van der Waals surface area contributed by atoms with Gasteiger partial charge in [-0.05, 0) is 6.07 Å². The highest BCUT2D eigenvalue weighted by atomic mass is 16.5. The molecule has 6 nitrogen and oxygen atoms in total. The summed E-state index contributed by atoms with van der Waals surface area (Å²) in [7, 11) is 3.14. The third-order valence-electron chi connectivity index (χ3n) is 2.45. The van der Waals surface area contributed by atoms with Gasteiger partial charge in [0.25, 0.3) is 5.91 Å². The van der Waals surface area contributed by atoms with Gasteiger partial charge in [0.2, 0.25) is 0 Å². The lowest BCUT2D eigenvalue weighted by Crippen LogP contribution is -2.36. The minimum absolute atomic E-state index is 0.123. The fourth-order valence-corrected chi connectivity index (χ4v) is 1.46. The maximum absolute atomic E-state index is 12.2. The van der Waals surface area contributed by atoms with Crippen LogP contribution in [0.1, 0.15) is 10.4 Å². The molecule has 0 aliphatic carbocycles. The molecule has 0 spiro atoms. The number of aromatic nitrogens is 1. The summed E-state index contributed by atoms with van der Waals surface area (Å²) in [6.07, 6.45) is 2.72. The number of nitrogens with zero attached hydrogens (tertiary/aromatic N) is 2. The van der Waals surface area contributed by atoms with Crippen LogP contribution in [0.15, 0.2) is 18.5 Å². The molecule has 0 fully saturated rings. The van der Waals surface area contributed by atoms with Crippen molar-refractivity contribution in [1.82, 2.24) is 9.88 Å². The van der Waals surface area contributed by atoms with Crippen LogP contribution in [0.5, 0.6) is 5.75 Å². The summed E-state index contributed by atoms with van der Waals surface area (Å²) in [4.78, 5) is 17.5. The standard InChI is InChI=1S/C12H18N2O4/c1-17-7-5-14(6-8-18-2)12(16)10-3-4-13-9-11(10)15/h3-4,9,15H,5-8H2,1-2H3. The summed E-state index contributed by atoms with van der Waals surface area (Å²) < 4.78 is 9.92. The Balaban J connectivity index is 2.77. The first-order valence-electron chi connectivity index (χ1n) is 5.60. The van der Waals surface area contributed by atoms with E-state index in [9.17, 15) is 9.90 Å². The van der Waals surface area contributed by atoms with Crippen LogP contribution in [-0.2, 0) is 9.47 Å². The molecule has 1 aromatic rings. The van der Waals surface area contributed by atoms with Crippen molar-refractivity contribution in [2.24, 2.45) is 0 Å². The minimum atomic E-state index is -0.260. The zero-order valence-corrected chi connectivity index (χ0v) is 10.6. The maximum Gasteiger partial charge on any atom is 0.257 e. The first-order chi connectivity index (χ1) is 8.70. The Hall–Kier alpha value is -1.66. The van der Waals surface area contributed by atoms with Gasteiger partial charge in [0.05, 0.1) is 25.0 Å². The summed E-state index contributed by atoms with van der Waals surface area (Å²) in [5.41, 5.74) is 0.234. The zero-order chi connectivity index (χ0) is 13.4. The van der Waals surface area contributed by atoms with Crippen molar-refractivity contribution in [1.29, 1.82) is 0 Å². The van der Waals surface area contributed by atoms with Gasteiger partial charge in [-0.1, -0.05) is 0 Å². The van der Waals surface area contributed by atoms with E-state index in [0.717, 1.165) is 0 Å². The molecule has 1 aromatic heterocycles. The van der Waals surface area contributed by atoms with E-state index in [0.29, 0.717) is 26.3 Å². The summed E-state index contributed by atoms with van der Waals surface area (Å²) in [6, 6.07) is 1.49. The summed E-state index contributed by atoms with van der Waals surface area (Å²) >= 11 is 0. The Morgan fingerprint density at radius 3 is 2.44 bits per heavy atom. The number of rotatable bonds is 7. The number of carbonyl (C=O) groups excluding carboxylic acids is 1. The third-order valence-corrected chi connectivity index (χ3v) is 2.45. The summed E-state index contributed by atoms with van der Waals surface area (Å²) in [5.74, 6) is -0.383. The Labute approximate surface area is 106 Å². The lowest BCUT2D eigenvalue weighted by molar-refractivity contribution is 0.0624. The van der Waals surface area contributed by atoms with Crippen LogP contribution in [0.2, 0.25) is 0 Å². The number of ether oxygens (including phenoxy) is 2. The van der Waals surface area contributed by atoms with E-state index < -0.39 is 0 Å². The highest BCUT2D eigenvalue weighted by Crippen LogP contribution is 2.16. The molecule has 1 rings (SSSR count). The molecular formula is C12H18N2O4. The molecule has 1 N–H and O–H groups in total. The monoisotopic (exact) mass is 254 g/mol. The van der Waals surface area contributed by atoms with E-state index in [1.807, 2.05) is 0 Å². The van der Waals surface area contributed by atoms with Crippen molar-refractivity contribution in [3.8, 4) is 5.75 Å². The molecule has 1 heterocycles. The lowest BCUT2D eigenvalue weighted by Gasteiger charge is -2.22. The van der Waals surface area contributed by atoms with Crippen LogP contribution in [-0.4, -0.2) is 61.4 Å². The Kier molecular flexibility index (Phi) is 6.10. The van der Waals surface area contributed by atoms with E-state index >= 15 is 0 Å². The predicted octanol–water partition coefficient (Wildman–Crippen LogP) is 0.522. The number of pyridine rings is 1. The fourth-order valence-electron chi connectivity index (χ4n) is 1.46. The molecule has 0 aliphatic rings. The summed E-state index contributed by atoms with van der Waals surface area (Å²) in [6.45, 7) is 1.75. The van der Waals surface area contributed by atoms with Crippen LogP contribution in [0.25, 0.3) is 0 Å². The van der Waals surface area contributed by atoms with Crippen molar-refractivity contribution >= 4 is 5.91 Å². The Morgan fingerprint density at radius 2 is 1.94 bits per heavy atom. The SMILES string of the molecule is COCCN(CCOC)C(=O)c1ccncc1O. The van der Waals surface area contributed by atoms with E-state index in [-0.39, 0.29) is 17.2 Å². The predicted molar refractivity (Wildman–Crippen MR) is 65.6 cm³/mol. The smallest absolute Gasteiger partial charge is 0.257 e. The van der Waals surface area contributed by atoms with Gasteiger partial charge in [-0.15, -0.1) is 0 Å². The van der Waals surface area contributed by atoms with Crippen LogP contribution < -0.4 is 0 Å². The maximum atomic E-state index is 12.2. The van der Waals surface area contributed by atoms with Crippen LogP contribution in [0.3, 0.4) is 0 Å². The summed E-state index contributed by atoms with van der Waals surface area (Å²) in [5, 5.41) is 9.61. The van der Waals surface area contributed by atoms with Gasteiger partial charge in [0, 0.05) is 33.5 Å². The molecule has 6 heteroatoms. The molecular weight excluding hydrogens is 236 g/mol. The zero-order valence-electron chi connectivity index (χ0n) is 10.6. The molecule has 0 bridgehead atoms. The van der Waals surface area contributed by atoms with Crippen LogP contribution in [0, 0.1) is 0 Å². The second-order valence-electron chi connectivity index (χ2n) is 3.67. The van der Waals surface area contributed by atoms with Crippen LogP contribution >= 0.6 is 0 Å². The van der Waals surface area contributed by atoms with Crippen molar-refractivity contribution in [2.45, 2.75) is 0 Å². The number of aromatic hydroxyl groups is 1. The number of hydrogen-bond acceptors (Lipinski definition) is 5. The molecule has 18 heavy (non-hydrogen) atoms. The first kappa shape index (κ1) is 14.4. The van der Waals surface area contributed by atoms with Crippen molar-refractivity contribution < 1.29 is 19.4 Å². The second-order valence-corrected chi connectivity index (χ2v) is 3.67. The van der Waals surface area contributed by atoms with Gasteiger partial charge in [-0.3, -0.25) is 9.78 Å². The normalized spacial score (nSPS) is 10.3. The average Bonchev–Trinajstić information content (AvgIpc) is 2.39. The molecule has 0 aliphatic heterocycles. The largest absolute Gasteiger partial charge is 0.505 e. The molecule has 0 saturated heterocycles. The topological polar surface area (TPSA) is 71.9 Å². The van der Waals surface area contributed by atoms with Gasteiger partial charge in [0.1, 0.15) is 5.75 Å². The van der Waals surface area contributed by atoms with E-state index in [2.05, 4.69) is 4.98 Å². The molecule has 0 aromatic carbocycles. The lowest BCUT2D eigenvalue weighted by atomic mass is 10.2. The fraction of sp³-hybridized carbons (Fsp3) is 0.500. The van der Waals surface area contributed by atoms with Gasteiger partial charge in [-0.25, -0.2) is 0 Å². The van der Waals surface area contributed by atoms with Gasteiger partial charge < -0.3 is 19.5 Å². The molecule has 0 radical (unpaired) electrons. The second kappa shape index (κ2) is 7.62. The van der Waals surface area contributed by atoms with Gasteiger partial charge >= 0.3 is 0 Å². The minimum Gasteiger partial charge on any atom is -0.505 e. The number of hydrogen-bond donors (Lipinski definition) is 1. The Bertz CT molecular complexity index is 376. The quantitative estimate of drug-likeness (QED) is 0.768. The van der Waals surface area contributed by atoms with E-state index in [1.165, 1.54) is 18.5 Å². The van der Waals surface area contributed by atoms with Gasteiger partial charge in [0.15, 0.2) is 0 Å². The van der Waals surface area contributed by atoms with Gasteiger partial charge in [-0.2, -0.15) is 0 Å².